The molecule has 3 unspecified atom stereocenters. The summed E-state index contributed by atoms with van der Waals surface area (Å²) in [5.74, 6) is 2.22. The minimum Gasteiger partial charge on any atom is -0.493 e. The summed E-state index contributed by atoms with van der Waals surface area (Å²) in [5.41, 5.74) is 1.10. The molecular formula is C17H28N2O2. The molecule has 1 fully saturated rings. The zero-order chi connectivity index (χ0) is 15.4. The van der Waals surface area contributed by atoms with Crippen molar-refractivity contribution < 1.29 is 9.47 Å². The van der Waals surface area contributed by atoms with E-state index >= 15 is 0 Å². The van der Waals surface area contributed by atoms with Crippen molar-refractivity contribution in [2.75, 3.05) is 32.6 Å². The first-order valence-corrected chi connectivity index (χ1v) is 7.82. The van der Waals surface area contributed by atoms with Gasteiger partial charge in [0, 0.05) is 30.4 Å². The Morgan fingerprint density at radius 1 is 1.29 bits per heavy atom. The lowest BCUT2D eigenvalue weighted by Gasteiger charge is -2.40. The predicted molar refractivity (Wildman–Crippen MR) is 87.4 cm³/mol. The summed E-state index contributed by atoms with van der Waals surface area (Å²) in [6.07, 6.45) is 1.16. The van der Waals surface area contributed by atoms with Crippen LogP contribution in [0, 0.1) is 5.92 Å². The predicted octanol–water partition coefficient (Wildman–Crippen LogP) is 3.23. The molecule has 1 aromatic rings. The van der Waals surface area contributed by atoms with Crippen molar-refractivity contribution in [3.8, 4) is 11.5 Å². The highest BCUT2D eigenvalue weighted by atomic mass is 16.5. The van der Waals surface area contributed by atoms with E-state index in [1.165, 1.54) is 0 Å². The largest absolute Gasteiger partial charge is 0.493 e. The molecule has 0 bridgehead atoms. The van der Waals surface area contributed by atoms with Gasteiger partial charge in [-0.15, -0.1) is 0 Å². The average Bonchev–Trinajstić information content (AvgIpc) is 2.45. The second-order valence-corrected chi connectivity index (χ2v) is 6.05. The van der Waals surface area contributed by atoms with E-state index in [0.29, 0.717) is 24.6 Å². The van der Waals surface area contributed by atoms with Crippen molar-refractivity contribution in [1.29, 1.82) is 0 Å². The highest BCUT2D eigenvalue weighted by molar-refractivity contribution is 5.55. The number of methoxy groups -OCH3 is 1. The van der Waals surface area contributed by atoms with Crippen LogP contribution in [0.5, 0.6) is 11.5 Å². The van der Waals surface area contributed by atoms with Crippen LogP contribution >= 0.6 is 0 Å². The maximum Gasteiger partial charge on any atom is 0.163 e. The molecule has 0 amide bonds. The van der Waals surface area contributed by atoms with Crippen molar-refractivity contribution in [3.63, 3.8) is 0 Å². The van der Waals surface area contributed by atoms with Gasteiger partial charge in [-0.2, -0.15) is 0 Å². The van der Waals surface area contributed by atoms with Crippen molar-refractivity contribution in [2.45, 2.75) is 39.3 Å². The fourth-order valence-corrected chi connectivity index (χ4v) is 2.99. The topological polar surface area (TPSA) is 33.7 Å². The number of likely N-dealkylation sites (tertiary alicyclic amines) is 1. The Morgan fingerprint density at radius 3 is 2.71 bits per heavy atom. The molecule has 21 heavy (non-hydrogen) atoms. The van der Waals surface area contributed by atoms with Gasteiger partial charge in [-0.3, -0.25) is 0 Å². The third-order valence-electron chi connectivity index (χ3n) is 4.43. The Kier molecular flexibility index (Phi) is 5.34. The van der Waals surface area contributed by atoms with Crippen LogP contribution in [0.3, 0.4) is 0 Å². The molecule has 1 N–H and O–H groups in total. The van der Waals surface area contributed by atoms with Crippen LogP contribution in [-0.4, -0.2) is 44.3 Å². The van der Waals surface area contributed by atoms with Crippen LogP contribution in [0.4, 0.5) is 5.69 Å². The molecule has 2 rings (SSSR count). The monoisotopic (exact) mass is 292 g/mol. The van der Waals surface area contributed by atoms with Gasteiger partial charge in [0.05, 0.1) is 13.7 Å². The van der Waals surface area contributed by atoms with Gasteiger partial charge < -0.3 is 19.7 Å². The maximum absolute atomic E-state index is 5.65. The Balaban J connectivity index is 2.10. The highest BCUT2D eigenvalue weighted by Crippen LogP contribution is 2.32. The number of nitrogens with one attached hydrogen (secondary N) is 1. The van der Waals surface area contributed by atoms with Gasteiger partial charge in [-0.05, 0) is 45.4 Å². The molecule has 4 heteroatoms. The molecule has 1 aromatic carbocycles. The average molecular weight is 292 g/mol. The zero-order valence-corrected chi connectivity index (χ0v) is 13.8. The first kappa shape index (κ1) is 16.0. The fraction of sp³-hybridized carbons (Fsp3) is 0.647. The van der Waals surface area contributed by atoms with E-state index in [4.69, 9.17) is 9.47 Å². The molecule has 0 radical (unpaired) electrons. The number of rotatable bonds is 5. The molecule has 0 spiro atoms. The summed E-state index contributed by atoms with van der Waals surface area (Å²) >= 11 is 0. The fourth-order valence-electron chi connectivity index (χ4n) is 2.99. The summed E-state index contributed by atoms with van der Waals surface area (Å²) in [7, 11) is 3.88. The molecule has 3 atom stereocenters. The van der Waals surface area contributed by atoms with E-state index in [-0.39, 0.29) is 0 Å². The first-order chi connectivity index (χ1) is 10.0. The summed E-state index contributed by atoms with van der Waals surface area (Å²) in [5, 5.41) is 3.67. The minimum absolute atomic E-state index is 0.499. The second-order valence-electron chi connectivity index (χ2n) is 6.05. The van der Waals surface area contributed by atoms with Crippen molar-refractivity contribution in [1.82, 2.24) is 4.90 Å². The van der Waals surface area contributed by atoms with Gasteiger partial charge in [-0.25, -0.2) is 0 Å². The summed E-state index contributed by atoms with van der Waals surface area (Å²) in [4.78, 5) is 2.43. The van der Waals surface area contributed by atoms with Crippen LogP contribution < -0.4 is 14.8 Å². The number of benzene rings is 1. The van der Waals surface area contributed by atoms with Crippen LogP contribution in [0.25, 0.3) is 0 Å². The number of nitrogens with zero attached hydrogens (tertiary/aromatic N) is 1. The lowest BCUT2D eigenvalue weighted by Crippen LogP contribution is -2.48. The lowest BCUT2D eigenvalue weighted by molar-refractivity contribution is 0.145. The highest BCUT2D eigenvalue weighted by Gasteiger charge is 2.28. The Bertz CT molecular complexity index is 464. The summed E-state index contributed by atoms with van der Waals surface area (Å²) in [6, 6.07) is 7.19. The maximum atomic E-state index is 5.65. The molecule has 118 valence electrons. The van der Waals surface area contributed by atoms with E-state index in [2.05, 4.69) is 37.2 Å². The molecule has 0 aromatic heterocycles. The van der Waals surface area contributed by atoms with Gasteiger partial charge in [0.2, 0.25) is 0 Å². The van der Waals surface area contributed by atoms with Gasteiger partial charge in [0.25, 0.3) is 0 Å². The number of hydrogen-bond donors (Lipinski definition) is 1. The van der Waals surface area contributed by atoms with Crippen LogP contribution in [0.2, 0.25) is 0 Å². The minimum atomic E-state index is 0.499. The number of anilines is 1. The molecule has 0 aliphatic carbocycles. The number of hydrogen-bond acceptors (Lipinski definition) is 4. The molecule has 0 saturated carbocycles. The van der Waals surface area contributed by atoms with E-state index in [1.54, 1.807) is 7.11 Å². The number of piperidine rings is 1. The lowest BCUT2D eigenvalue weighted by atomic mass is 9.89. The first-order valence-electron chi connectivity index (χ1n) is 7.82. The van der Waals surface area contributed by atoms with E-state index in [9.17, 15) is 0 Å². The number of ether oxygens (including phenoxy) is 2. The van der Waals surface area contributed by atoms with Gasteiger partial charge in [0.1, 0.15) is 0 Å². The Hall–Kier alpha value is -1.42. The van der Waals surface area contributed by atoms with Gasteiger partial charge in [-0.1, -0.05) is 6.92 Å². The van der Waals surface area contributed by atoms with Crippen LogP contribution in [-0.2, 0) is 0 Å². The van der Waals surface area contributed by atoms with Crippen LogP contribution in [0.15, 0.2) is 18.2 Å². The quantitative estimate of drug-likeness (QED) is 0.903. The van der Waals surface area contributed by atoms with Crippen LogP contribution in [0.1, 0.15) is 27.2 Å². The summed E-state index contributed by atoms with van der Waals surface area (Å²) < 4.78 is 11.0. The molecule has 1 saturated heterocycles. The normalized spacial score (nSPS) is 26.4. The zero-order valence-electron chi connectivity index (χ0n) is 13.8. The third-order valence-corrected chi connectivity index (χ3v) is 4.43. The van der Waals surface area contributed by atoms with Gasteiger partial charge in [0.15, 0.2) is 11.5 Å². The SMILES string of the molecule is CCOc1cc(NC2CC(C)N(C)CC2C)ccc1OC. The van der Waals surface area contributed by atoms with Crippen molar-refractivity contribution >= 4 is 5.69 Å². The van der Waals surface area contributed by atoms with E-state index in [0.717, 1.165) is 30.2 Å². The second kappa shape index (κ2) is 7.03. The smallest absolute Gasteiger partial charge is 0.163 e. The van der Waals surface area contributed by atoms with Gasteiger partial charge >= 0.3 is 0 Å². The molecule has 1 aliphatic heterocycles. The molecule has 4 nitrogen and oxygen atoms in total. The van der Waals surface area contributed by atoms with Crippen molar-refractivity contribution in [3.05, 3.63) is 18.2 Å². The molecule has 1 heterocycles. The Morgan fingerprint density at radius 2 is 2.05 bits per heavy atom. The third kappa shape index (κ3) is 3.82. The summed E-state index contributed by atoms with van der Waals surface area (Å²) in [6.45, 7) is 8.36. The standard InChI is InChI=1S/C17H28N2O2/c1-6-21-17-10-14(7-8-16(17)20-5)18-15-9-13(3)19(4)11-12(15)2/h7-8,10,12-13,15,18H,6,9,11H2,1-5H3. The molecular weight excluding hydrogens is 264 g/mol. The van der Waals surface area contributed by atoms with E-state index in [1.807, 2.05) is 19.1 Å². The van der Waals surface area contributed by atoms with Crippen molar-refractivity contribution in [2.24, 2.45) is 5.92 Å². The Labute approximate surface area is 128 Å². The molecule has 1 aliphatic rings. The van der Waals surface area contributed by atoms with E-state index < -0.39 is 0 Å².